The first-order valence-electron chi connectivity index (χ1n) is 7.34. The van der Waals surface area contributed by atoms with Crippen LogP contribution < -0.4 is 10.5 Å². The molecule has 0 aliphatic carbocycles. The number of nitrogens with one attached hydrogen (secondary N) is 1. The van der Waals surface area contributed by atoms with Gasteiger partial charge >= 0.3 is 0 Å². The molecule has 3 aromatic heterocycles. The zero-order valence-corrected chi connectivity index (χ0v) is 14.0. The van der Waals surface area contributed by atoms with Crippen molar-refractivity contribution in [1.82, 2.24) is 29.4 Å². The van der Waals surface area contributed by atoms with Crippen LogP contribution in [0.4, 0.5) is 11.6 Å². The number of nitrogens with two attached hydrogens (primary N) is 1. The van der Waals surface area contributed by atoms with Crippen LogP contribution in [0.5, 0.6) is 0 Å². The Balaban J connectivity index is 1.67. The quantitative estimate of drug-likeness (QED) is 0.529. The van der Waals surface area contributed by atoms with Gasteiger partial charge in [0.2, 0.25) is 5.95 Å². The summed E-state index contributed by atoms with van der Waals surface area (Å²) in [4.78, 5) is 9.45. The third kappa shape index (κ3) is 3.05. The molecule has 126 valence electrons. The molecule has 1 unspecified atom stereocenters. The van der Waals surface area contributed by atoms with Crippen molar-refractivity contribution < 1.29 is 4.55 Å². The Labute approximate surface area is 145 Å². The summed E-state index contributed by atoms with van der Waals surface area (Å²) in [6.45, 7) is 0. The third-order valence-corrected chi connectivity index (χ3v) is 4.31. The van der Waals surface area contributed by atoms with Crippen LogP contribution in [0.25, 0.3) is 16.9 Å². The predicted molar refractivity (Wildman–Crippen MR) is 93.3 cm³/mol. The molecule has 0 aliphatic heterocycles. The largest absolute Gasteiger partial charge is 0.593 e. The number of aromatic nitrogens is 6. The minimum atomic E-state index is -1.50. The molecular weight excluding hydrogens is 340 g/mol. The molecule has 4 aromatic rings. The molecule has 0 radical (unpaired) electrons. The average Bonchev–Trinajstić information content (AvgIpc) is 3.20. The van der Waals surface area contributed by atoms with Gasteiger partial charge in [-0.2, -0.15) is 10.1 Å². The normalized spacial score (nSPS) is 12.4. The van der Waals surface area contributed by atoms with Crippen LogP contribution in [0.15, 0.2) is 53.9 Å². The first-order valence-corrected chi connectivity index (χ1v) is 8.55. The highest BCUT2D eigenvalue weighted by Gasteiger charge is 2.13. The van der Waals surface area contributed by atoms with E-state index >= 15 is 0 Å². The molecular formula is C15H14N8OS. The number of hydrogen-bond acceptors (Lipinski definition) is 7. The summed E-state index contributed by atoms with van der Waals surface area (Å²) in [5.74, 6) is 0.430. The molecule has 0 fully saturated rings. The van der Waals surface area contributed by atoms with Crippen molar-refractivity contribution in [2.45, 2.75) is 4.90 Å². The van der Waals surface area contributed by atoms with Gasteiger partial charge in [0.15, 0.2) is 10.5 Å². The molecule has 10 heteroatoms. The van der Waals surface area contributed by atoms with Crippen LogP contribution in [0.2, 0.25) is 0 Å². The number of aryl methyl sites for hydroxylation is 1. The minimum Gasteiger partial charge on any atom is -0.593 e. The molecule has 0 aliphatic rings. The lowest BCUT2D eigenvalue weighted by Crippen LogP contribution is -2.11. The monoisotopic (exact) mass is 354 g/mol. The Kier molecular flexibility index (Phi) is 3.84. The minimum absolute atomic E-state index is 0.430. The zero-order chi connectivity index (χ0) is 17.4. The number of anilines is 2. The van der Waals surface area contributed by atoms with E-state index in [1.165, 1.54) is 0 Å². The van der Waals surface area contributed by atoms with Gasteiger partial charge in [0.25, 0.3) is 0 Å². The van der Waals surface area contributed by atoms with E-state index in [9.17, 15) is 4.55 Å². The van der Waals surface area contributed by atoms with E-state index < -0.39 is 11.4 Å². The Morgan fingerprint density at radius 3 is 2.72 bits per heavy atom. The molecule has 3 N–H and O–H groups in total. The fraction of sp³-hybridized carbons (Fsp3) is 0.0667. The van der Waals surface area contributed by atoms with Crippen LogP contribution in [0, 0.1) is 0 Å². The van der Waals surface area contributed by atoms with Gasteiger partial charge in [-0.3, -0.25) is 9.67 Å². The van der Waals surface area contributed by atoms with Crippen molar-refractivity contribution in [1.29, 1.82) is 0 Å². The second-order valence-corrected chi connectivity index (χ2v) is 6.40. The van der Waals surface area contributed by atoms with E-state index in [-0.39, 0.29) is 0 Å². The summed E-state index contributed by atoms with van der Waals surface area (Å²) < 4.78 is 14.6. The maximum absolute atomic E-state index is 11.2. The van der Waals surface area contributed by atoms with Gasteiger partial charge in [-0.1, -0.05) is 0 Å². The van der Waals surface area contributed by atoms with Crippen molar-refractivity contribution in [3.8, 4) is 11.3 Å². The maximum atomic E-state index is 11.2. The van der Waals surface area contributed by atoms with E-state index in [1.54, 1.807) is 52.1 Å². The fourth-order valence-corrected chi connectivity index (χ4v) is 2.82. The van der Waals surface area contributed by atoms with Crippen molar-refractivity contribution in [2.24, 2.45) is 12.2 Å². The molecule has 3 heterocycles. The number of benzene rings is 1. The van der Waals surface area contributed by atoms with Gasteiger partial charge in [0, 0.05) is 36.9 Å². The van der Waals surface area contributed by atoms with Gasteiger partial charge in [0.1, 0.15) is 5.69 Å². The fourth-order valence-electron chi connectivity index (χ4n) is 2.42. The van der Waals surface area contributed by atoms with E-state index in [0.29, 0.717) is 22.2 Å². The highest BCUT2D eigenvalue weighted by Crippen LogP contribution is 2.22. The smallest absolute Gasteiger partial charge is 0.247 e. The lowest BCUT2D eigenvalue weighted by molar-refractivity contribution is 0.597. The molecule has 1 aromatic carbocycles. The highest BCUT2D eigenvalue weighted by atomic mass is 32.2. The molecule has 0 amide bonds. The topological polar surface area (TPSA) is 122 Å². The summed E-state index contributed by atoms with van der Waals surface area (Å²) in [5, 5.41) is 17.0. The molecule has 0 saturated heterocycles. The van der Waals surface area contributed by atoms with Gasteiger partial charge < -0.3 is 9.87 Å². The van der Waals surface area contributed by atoms with E-state index in [0.717, 1.165) is 11.3 Å². The second-order valence-electron chi connectivity index (χ2n) is 5.33. The maximum Gasteiger partial charge on any atom is 0.247 e. The Bertz CT molecular complexity index is 1020. The van der Waals surface area contributed by atoms with Gasteiger partial charge in [-0.05, 0) is 24.3 Å². The van der Waals surface area contributed by atoms with Crippen LogP contribution in [-0.2, 0) is 18.4 Å². The van der Waals surface area contributed by atoms with Gasteiger partial charge in [0.05, 0.1) is 17.6 Å². The van der Waals surface area contributed by atoms with Crippen molar-refractivity contribution >= 4 is 28.6 Å². The highest BCUT2D eigenvalue weighted by molar-refractivity contribution is 7.89. The molecule has 25 heavy (non-hydrogen) atoms. The summed E-state index contributed by atoms with van der Waals surface area (Å²) in [6, 6.07) is 6.92. The van der Waals surface area contributed by atoms with Gasteiger partial charge in [-0.25, -0.2) is 4.52 Å². The molecule has 0 spiro atoms. The summed E-state index contributed by atoms with van der Waals surface area (Å²) in [6.07, 6.45) is 7.00. The number of fused-ring (bicyclic) bond motifs is 1. The summed E-state index contributed by atoms with van der Waals surface area (Å²) in [5.41, 5.74) is 2.95. The van der Waals surface area contributed by atoms with Crippen LogP contribution in [-0.4, -0.2) is 33.9 Å². The van der Waals surface area contributed by atoms with Crippen LogP contribution in [0.3, 0.4) is 0 Å². The average molecular weight is 354 g/mol. The Hall–Kier alpha value is -2.95. The number of rotatable bonds is 4. The number of hydrogen-bond donors (Lipinski definition) is 2. The van der Waals surface area contributed by atoms with Crippen molar-refractivity contribution in [3.05, 3.63) is 49.1 Å². The lowest BCUT2D eigenvalue weighted by atomic mass is 10.2. The number of nitrogens with zero attached hydrogens (tertiary/aromatic N) is 6. The predicted octanol–water partition coefficient (Wildman–Crippen LogP) is 1.25. The zero-order valence-electron chi connectivity index (χ0n) is 13.2. The van der Waals surface area contributed by atoms with E-state index in [1.807, 2.05) is 13.2 Å². The van der Waals surface area contributed by atoms with E-state index in [2.05, 4.69) is 25.5 Å². The first-order chi connectivity index (χ1) is 12.1. The Morgan fingerprint density at radius 1 is 1.24 bits per heavy atom. The lowest BCUT2D eigenvalue weighted by Gasteiger charge is -2.04. The van der Waals surface area contributed by atoms with E-state index in [4.69, 9.17) is 5.14 Å². The van der Waals surface area contributed by atoms with Crippen molar-refractivity contribution in [3.63, 3.8) is 0 Å². The van der Waals surface area contributed by atoms with Gasteiger partial charge in [-0.15, -0.1) is 10.2 Å². The molecule has 1 atom stereocenters. The SMILES string of the molecule is Cn1cc(-c2nccn3nc(Nc4ccc([S+](N)[O-])cc4)nc23)cn1. The first kappa shape index (κ1) is 15.6. The summed E-state index contributed by atoms with van der Waals surface area (Å²) in [7, 11) is 1.85. The summed E-state index contributed by atoms with van der Waals surface area (Å²) >= 11 is -1.50. The molecule has 4 rings (SSSR count). The van der Waals surface area contributed by atoms with Crippen molar-refractivity contribution in [2.75, 3.05) is 5.32 Å². The third-order valence-electron chi connectivity index (χ3n) is 3.58. The van der Waals surface area contributed by atoms with Crippen LogP contribution >= 0.6 is 0 Å². The van der Waals surface area contributed by atoms with Crippen LogP contribution in [0.1, 0.15) is 0 Å². The molecule has 0 bridgehead atoms. The molecule has 9 nitrogen and oxygen atoms in total. The standard InChI is InChI=1S/C15H14N8OS/c1-22-9-10(8-18-22)13-14-20-15(21-23(14)7-6-17-13)19-11-2-4-12(5-3-11)25(16)24/h2-9H,16H2,1H3,(H,19,21). The molecule has 0 saturated carbocycles. The second kappa shape index (κ2) is 6.16. The Morgan fingerprint density at radius 2 is 2.04 bits per heavy atom.